The smallest absolute Gasteiger partial charge is 0.224 e. The molecular formula is C16H11F2N5O. The Morgan fingerprint density at radius 3 is 2.62 bits per heavy atom. The van der Waals surface area contributed by atoms with Gasteiger partial charge < -0.3 is 10.1 Å². The number of pyridine rings is 1. The molecule has 0 saturated carbocycles. The molecule has 0 saturated heterocycles. The van der Waals surface area contributed by atoms with Gasteiger partial charge in [0.1, 0.15) is 17.5 Å². The minimum atomic E-state index is -0.712. The van der Waals surface area contributed by atoms with Gasteiger partial charge in [-0.25, -0.2) is 18.8 Å². The number of hydrogen-bond acceptors (Lipinski definition) is 5. The maximum absolute atomic E-state index is 14.2. The first-order valence-electron chi connectivity index (χ1n) is 7.06. The fourth-order valence-electron chi connectivity index (χ4n) is 2.61. The molecule has 3 heterocycles. The van der Waals surface area contributed by atoms with Gasteiger partial charge >= 0.3 is 0 Å². The van der Waals surface area contributed by atoms with E-state index in [0.29, 0.717) is 28.5 Å². The largest absolute Gasteiger partial charge is 0.480 e. The molecule has 1 aliphatic rings. The summed E-state index contributed by atoms with van der Waals surface area (Å²) in [7, 11) is 1.48. The van der Waals surface area contributed by atoms with Gasteiger partial charge in [-0.15, -0.1) is 0 Å². The summed E-state index contributed by atoms with van der Waals surface area (Å²) >= 11 is 0. The zero-order valence-electron chi connectivity index (χ0n) is 12.5. The first kappa shape index (κ1) is 14.3. The van der Waals surface area contributed by atoms with Crippen molar-refractivity contribution >= 4 is 17.2 Å². The van der Waals surface area contributed by atoms with Crippen molar-refractivity contribution in [3.05, 3.63) is 53.9 Å². The lowest BCUT2D eigenvalue weighted by Crippen LogP contribution is -2.16. The van der Waals surface area contributed by atoms with Crippen LogP contribution in [0.2, 0.25) is 0 Å². The number of amidine groups is 1. The Bertz CT molecular complexity index is 947. The Morgan fingerprint density at radius 2 is 1.88 bits per heavy atom. The van der Waals surface area contributed by atoms with Crippen molar-refractivity contribution in [3.63, 3.8) is 0 Å². The molecule has 4 rings (SSSR count). The van der Waals surface area contributed by atoms with Crippen LogP contribution < -0.4 is 10.1 Å². The van der Waals surface area contributed by atoms with Gasteiger partial charge in [0, 0.05) is 6.20 Å². The van der Waals surface area contributed by atoms with Gasteiger partial charge in [-0.3, -0.25) is 5.10 Å². The summed E-state index contributed by atoms with van der Waals surface area (Å²) in [6, 6.07) is 5.29. The lowest BCUT2D eigenvalue weighted by molar-refractivity contribution is 0.400. The van der Waals surface area contributed by atoms with Crippen LogP contribution in [-0.2, 0) is 0 Å². The van der Waals surface area contributed by atoms with Crippen molar-refractivity contribution in [2.45, 2.75) is 0 Å². The lowest BCUT2D eigenvalue weighted by Gasteiger charge is -2.09. The first-order valence-corrected chi connectivity index (χ1v) is 7.06. The van der Waals surface area contributed by atoms with E-state index in [0.717, 1.165) is 0 Å². The summed E-state index contributed by atoms with van der Waals surface area (Å²) in [5, 5.41) is 9.74. The number of aromatic amines is 1. The molecular weight excluding hydrogens is 316 g/mol. The summed E-state index contributed by atoms with van der Waals surface area (Å²) in [6.45, 7) is 0. The molecule has 0 fully saturated rings. The summed E-state index contributed by atoms with van der Waals surface area (Å²) in [5.41, 5.74) is 1.86. The third-order valence-electron chi connectivity index (χ3n) is 3.66. The molecule has 24 heavy (non-hydrogen) atoms. The normalized spacial score (nSPS) is 12.5. The zero-order valence-corrected chi connectivity index (χ0v) is 12.5. The number of aromatic nitrogens is 3. The average molecular weight is 327 g/mol. The lowest BCUT2D eigenvalue weighted by atomic mass is 10.1. The molecule has 3 aromatic rings. The zero-order chi connectivity index (χ0) is 16.7. The molecule has 0 aliphatic carbocycles. The van der Waals surface area contributed by atoms with E-state index in [4.69, 9.17) is 4.74 Å². The molecule has 1 aromatic carbocycles. The molecule has 0 amide bonds. The van der Waals surface area contributed by atoms with Crippen molar-refractivity contribution in [1.29, 1.82) is 0 Å². The summed E-state index contributed by atoms with van der Waals surface area (Å²) < 4.78 is 33.6. The van der Waals surface area contributed by atoms with Crippen LogP contribution in [0, 0.1) is 11.6 Å². The van der Waals surface area contributed by atoms with Crippen molar-refractivity contribution in [2.75, 3.05) is 12.4 Å². The number of rotatable bonds is 2. The highest BCUT2D eigenvalue weighted by Gasteiger charge is 2.25. The quantitative estimate of drug-likeness (QED) is 0.757. The van der Waals surface area contributed by atoms with E-state index in [2.05, 4.69) is 25.5 Å². The number of methoxy groups -OCH3 is 1. The monoisotopic (exact) mass is 327 g/mol. The van der Waals surface area contributed by atoms with Gasteiger partial charge in [-0.1, -0.05) is 6.07 Å². The number of benzene rings is 1. The summed E-state index contributed by atoms with van der Waals surface area (Å²) in [5.74, 6) is -1.05. The third-order valence-corrected chi connectivity index (χ3v) is 3.66. The number of ether oxygens (including phenoxy) is 1. The highest BCUT2D eigenvalue weighted by Crippen LogP contribution is 2.41. The molecule has 0 spiro atoms. The maximum Gasteiger partial charge on any atom is 0.224 e. The molecule has 0 radical (unpaired) electrons. The van der Waals surface area contributed by atoms with E-state index in [9.17, 15) is 8.78 Å². The van der Waals surface area contributed by atoms with E-state index < -0.39 is 11.6 Å². The topological polar surface area (TPSA) is 75.2 Å². The number of aliphatic imine (C=N–C) groups is 1. The Morgan fingerprint density at radius 1 is 1.08 bits per heavy atom. The van der Waals surface area contributed by atoms with Crippen molar-refractivity contribution in [2.24, 2.45) is 4.99 Å². The SMILES string of the molecule is COc1nccc2c1-c1[nH]ncc1NC(c1c(F)cccc1F)=N2. The Labute approximate surface area is 135 Å². The van der Waals surface area contributed by atoms with Crippen LogP contribution in [0.25, 0.3) is 11.3 Å². The highest BCUT2D eigenvalue weighted by molar-refractivity contribution is 6.13. The van der Waals surface area contributed by atoms with Gasteiger partial charge in [-0.05, 0) is 18.2 Å². The van der Waals surface area contributed by atoms with Crippen molar-refractivity contribution in [3.8, 4) is 17.1 Å². The first-order chi connectivity index (χ1) is 11.7. The van der Waals surface area contributed by atoms with E-state index in [1.807, 2.05) is 0 Å². The number of fused-ring (bicyclic) bond motifs is 3. The minimum Gasteiger partial charge on any atom is -0.480 e. The Hall–Kier alpha value is -3.29. The van der Waals surface area contributed by atoms with Crippen LogP contribution in [0.15, 0.2) is 41.7 Å². The predicted molar refractivity (Wildman–Crippen MR) is 84.5 cm³/mol. The highest BCUT2D eigenvalue weighted by atomic mass is 19.1. The number of halogens is 2. The van der Waals surface area contributed by atoms with E-state index in [1.54, 1.807) is 6.07 Å². The summed E-state index contributed by atoms with van der Waals surface area (Å²) in [4.78, 5) is 8.53. The van der Waals surface area contributed by atoms with Gasteiger partial charge in [0.15, 0.2) is 0 Å². The van der Waals surface area contributed by atoms with Crippen LogP contribution >= 0.6 is 0 Å². The number of nitrogens with one attached hydrogen (secondary N) is 2. The number of anilines is 1. The Kier molecular flexibility index (Phi) is 3.23. The molecule has 0 unspecified atom stereocenters. The van der Waals surface area contributed by atoms with Gasteiger partial charge in [0.2, 0.25) is 5.88 Å². The average Bonchev–Trinajstić information content (AvgIpc) is 2.96. The fraction of sp³-hybridized carbons (Fsp3) is 0.0625. The second kappa shape index (κ2) is 5.41. The van der Waals surface area contributed by atoms with Crippen molar-refractivity contribution < 1.29 is 13.5 Å². The molecule has 0 atom stereocenters. The number of hydrogen-bond donors (Lipinski definition) is 2. The van der Waals surface area contributed by atoms with E-state index in [1.165, 1.54) is 37.7 Å². The van der Waals surface area contributed by atoms with E-state index in [-0.39, 0.29) is 11.4 Å². The van der Waals surface area contributed by atoms with Gasteiger partial charge in [-0.2, -0.15) is 5.10 Å². The van der Waals surface area contributed by atoms with E-state index >= 15 is 0 Å². The van der Waals surface area contributed by atoms with Crippen molar-refractivity contribution in [1.82, 2.24) is 15.2 Å². The fourth-order valence-corrected chi connectivity index (χ4v) is 2.61. The molecule has 120 valence electrons. The Balaban J connectivity index is 2.01. The standard InChI is InChI=1S/C16H11F2N5O/c1-24-16-13-10(5-6-19-16)21-15(22-11-7-20-23-14(11)13)12-8(17)3-2-4-9(12)18/h2-7H,1H3,(H,20,23)(H,21,22). The minimum absolute atomic E-state index is 0.0419. The maximum atomic E-state index is 14.2. The summed E-state index contributed by atoms with van der Waals surface area (Å²) in [6.07, 6.45) is 3.02. The molecule has 2 N–H and O–H groups in total. The molecule has 8 heteroatoms. The van der Waals surface area contributed by atoms with Crippen LogP contribution in [0.1, 0.15) is 5.56 Å². The van der Waals surface area contributed by atoms with Gasteiger partial charge in [0.05, 0.1) is 41.5 Å². The van der Waals surface area contributed by atoms with Gasteiger partial charge in [0.25, 0.3) is 0 Å². The second-order valence-corrected chi connectivity index (χ2v) is 5.06. The second-order valence-electron chi connectivity index (χ2n) is 5.06. The van der Waals surface area contributed by atoms with Crippen LogP contribution in [-0.4, -0.2) is 28.1 Å². The molecule has 1 aliphatic heterocycles. The van der Waals surface area contributed by atoms with Crippen LogP contribution in [0.5, 0.6) is 5.88 Å². The molecule has 0 bridgehead atoms. The van der Waals surface area contributed by atoms with Crippen LogP contribution in [0.3, 0.4) is 0 Å². The number of H-pyrrole nitrogens is 1. The van der Waals surface area contributed by atoms with Crippen LogP contribution in [0.4, 0.5) is 20.2 Å². The predicted octanol–water partition coefficient (Wildman–Crippen LogP) is 3.26. The number of nitrogens with zero attached hydrogens (tertiary/aromatic N) is 3. The third kappa shape index (κ3) is 2.11. The molecule has 6 nitrogen and oxygen atoms in total. The molecule has 2 aromatic heterocycles.